The second-order valence-electron chi connectivity index (χ2n) is 7.16. The van der Waals surface area contributed by atoms with E-state index in [-0.39, 0.29) is 5.82 Å². The first-order chi connectivity index (χ1) is 14.8. The van der Waals surface area contributed by atoms with Gasteiger partial charge in [-0.05, 0) is 23.8 Å². The second kappa shape index (κ2) is 8.13. The molecule has 160 valence electrons. The minimum absolute atomic E-state index is 0.267. The first kappa shape index (κ1) is 20.5. The van der Waals surface area contributed by atoms with Gasteiger partial charge in [-0.25, -0.2) is 23.7 Å². The molecule has 4 rings (SSSR count). The molecule has 0 saturated carbocycles. The molecular formula is C21H21F2N7O. The molecule has 0 fully saturated rings. The van der Waals surface area contributed by atoms with Crippen molar-refractivity contribution in [3.8, 4) is 16.9 Å². The van der Waals surface area contributed by atoms with Crippen molar-refractivity contribution >= 4 is 28.4 Å². The van der Waals surface area contributed by atoms with Gasteiger partial charge in [-0.2, -0.15) is 5.10 Å². The zero-order chi connectivity index (χ0) is 22.0. The van der Waals surface area contributed by atoms with Crippen LogP contribution in [0.25, 0.3) is 22.0 Å². The monoisotopic (exact) mass is 425 g/mol. The average molecular weight is 425 g/mol. The number of ether oxygens (including phenoxy) is 1. The Balaban J connectivity index is 1.63. The molecule has 0 spiro atoms. The van der Waals surface area contributed by atoms with Crippen LogP contribution in [0, 0.1) is 0 Å². The molecule has 0 saturated heterocycles. The van der Waals surface area contributed by atoms with E-state index >= 15 is 0 Å². The van der Waals surface area contributed by atoms with E-state index in [0.29, 0.717) is 28.3 Å². The number of hydrogen-bond acceptors (Lipinski definition) is 7. The maximum Gasteiger partial charge on any atom is 0.262 e. The summed E-state index contributed by atoms with van der Waals surface area (Å²) in [5, 5.41) is 10.7. The SMILES string of the molecule is COc1cc(-c2cnn(C)c2)ccc1Nc1ncc2ccnc(NCC(C)(F)F)c2n1. The van der Waals surface area contributed by atoms with Crippen molar-refractivity contribution in [1.29, 1.82) is 0 Å². The number of fused-ring (bicyclic) bond motifs is 1. The first-order valence-electron chi connectivity index (χ1n) is 9.50. The zero-order valence-electron chi connectivity index (χ0n) is 17.2. The quantitative estimate of drug-likeness (QED) is 0.458. The predicted molar refractivity (Wildman–Crippen MR) is 115 cm³/mol. The largest absolute Gasteiger partial charge is 0.495 e. The van der Waals surface area contributed by atoms with Crippen molar-refractivity contribution in [1.82, 2.24) is 24.7 Å². The molecule has 0 radical (unpaired) electrons. The molecule has 0 unspecified atom stereocenters. The molecule has 31 heavy (non-hydrogen) atoms. The van der Waals surface area contributed by atoms with Gasteiger partial charge in [0.25, 0.3) is 5.92 Å². The molecule has 3 heterocycles. The molecule has 0 aliphatic heterocycles. The van der Waals surface area contributed by atoms with Crippen LogP contribution in [-0.4, -0.2) is 44.3 Å². The Bertz CT molecular complexity index is 1220. The Kier molecular flexibility index (Phi) is 5.37. The number of aryl methyl sites for hydroxylation is 1. The van der Waals surface area contributed by atoms with Crippen LogP contribution >= 0.6 is 0 Å². The average Bonchev–Trinajstić information content (AvgIpc) is 3.18. The number of anilines is 3. The normalized spacial score (nSPS) is 11.5. The third-order valence-electron chi connectivity index (χ3n) is 4.55. The lowest BCUT2D eigenvalue weighted by Crippen LogP contribution is -2.23. The molecule has 0 amide bonds. The fraction of sp³-hybridized carbons (Fsp3) is 0.238. The number of benzene rings is 1. The Morgan fingerprint density at radius 1 is 1.13 bits per heavy atom. The number of nitrogens with one attached hydrogen (secondary N) is 2. The fourth-order valence-corrected chi connectivity index (χ4v) is 3.05. The van der Waals surface area contributed by atoms with Gasteiger partial charge in [0.15, 0.2) is 5.82 Å². The lowest BCUT2D eigenvalue weighted by Gasteiger charge is -2.14. The molecule has 0 aliphatic rings. The van der Waals surface area contributed by atoms with Gasteiger partial charge in [-0.3, -0.25) is 4.68 Å². The number of halogens is 2. The highest BCUT2D eigenvalue weighted by atomic mass is 19.3. The van der Waals surface area contributed by atoms with Crippen molar-refractivity contribution < 1.29 is 13.5 Å². The van der Waals surface area contributed by atoms with Gasteiger partial charge in [0, 0.05) is 43.5 Å². The van der Waals surface area contributed by atoms with Crippen molar-refractivity contribution in [2.45, 2.75) is 12.8 Å². The highest BCUT2D eigenvalue weighted by Gasteiger charge is 2.21. The highest BCUT2D eigenvalue weighted by Crippen LogP contribution is 2.32. The summed E-state index contributed by atoms with van der Waals surface area (Å²) < 4.78 is 33.8. The van der Waals surface area contributed by atoms with Crippen LogP contribution in [-0.2, 0) is 7.05 Å². The van der Waals surface area contributed by atoms with Crippen LogP contribution in [0.2, 0.25) is 0 Å². The standard InChI is InChI=1S/C21H21F2N7O/c1-21(22,23)12-26-19-18-14(6-7-24-19)9-25-20(29-18)28-16-5-4-13(8-17(16)31-3)15-10-27-30(2)11-15/h4-11H,12H2,1-3H3,(H,24,26)(H,25,28,29). The van der Waals surface area contributed by atoms with E-state index in [1.807, 2.05) is 31.4 Å². The van der Waals surface area contributed by atoms with E-state index in [1.165, 1.54) is 6.20 Å². The van der Waals surface area contributed by atoms with Crippen LogP contribution in [0.15, 0.2) is 49.1 Å². The first-order valence-corrected chi connectivity index (χ1v) is 9.50. The molecule has 8 nitrogen and oxygen atoms in total. The molecule has 2 N–H and O–H groups in total. The van der Waals surface area contributed by atoms with Gasteiger partial charge < -0.3 is 15.4 Å². The van der Waals surface area contributed by atoms with Crippen molar-refractivity contribution in [3.05, 3.63) is 49.1 Å². The smallest absolute Gasteiger partial charge is 0.262 e. The van der Waals surface area contributed by atoms with Gasteiger partial charge in [-0.15, -0.1) is 0 Å². The molecule has 0 aliphatic carbocycles. The number of alkyl halides is 2. The maximum atomic E-state index is 13.3. The molecule has 3 aromatic heterocycles. The number of nitrogens with zero attached hydrogens (tertiary/aromatic N) is 5. The van der Waals surface area contributed by atoms with Crippen molar-refractivity contribution in [2.75, 3.05) is 24.3 Å². The van der Waals surface area contributed by atoms with Gasteiger partial charge in [0.05, 0.1) is 25.5 Å². The number of methoxy groups -OCH3 is 1. The molecule has 4 aromatic rings. The van der Waals surface area contributed by atoms with Crippen molar-refractivity contribution in [2.24, 2.45) is 7.05 Å². The van der Waals surface area contributed by atoms with E-state index in [4.69, 9.17) is 4.74 Å². The Hall–Kier alpha value is -3.82. The van der Waals surface area contributed by atoms with Crippen molar-refractivity contribution in [3.63, 3.8) is 0 Å². The van der Waals surface area contributed by atoms with Crippen LogP contribution < -0.4 is 15.4 Å². The van der Waals surface area contributed by atoms with E-state index in [2.05, 4.69) is 30.7 Å². The van der Waals surface area contributed by atoms with Gasteiger partial charge in [0.1, 0.15) is 11.3 Å². The lowest BCUT2D eigenvalue weighted by molar-refractivity contribution is 0.0367. The zero-order valence-corrected chi connectivity index (χ0v) is 17.2. The molecular weight excluding hydrogens is 404 g/mol. The Morgan fingerprint density at radius 3 is 2.68 bits per heavy atom. The number of rotatable bonds is 7. The topological polar surface area (TPSA) is 89.8 Å². The summed E-state index contributed by atoms with van der Waals surface area (Å²) >= 11 is 0. The highest BCUT2D eigenvalue weighted by molar-refractivity contribution is 5.88. The van der Waals surface area contributed by atoms with Gasteiger partial charge >= 0.3 is 0 Å². The van der Waals surface area contributed by atoms with E-state index in [1.54, 1.807) is 30.3 Å². The van der Waals surface area contributed by atoms with Crippen LogP contribution in [0.3, 0.4) is 0 Å². The summed E-state index contributed by atoms with van der Waals surface area (Å²) in [5.41, 5.74) is 3.01. The summed E-state index contributed by atoms with van der Waals surface area (Å²) in [5.74, 6) is -1.72. The fourth-order valence-electron chi connectivity index (χ4n) is 3.05. The number of hydrogen-bond donors (Lipinski definition) is 2. The van der Waals surface area contributed by atoms with Crippen LogP contribution in [0.4, 0.5) is 26.2 Å². The van der Waals surface area contributed by atoms with Gasteiger partial charge in [-0.1, -0.05) is 6.07 Å². The third-order valence-corrected chi connectivity index (χ3v) is 4.55. The Morgan fingerprint density at radius 2 is 1.97 bits per heavy atom. The van der Waals surface area contributed by atoms with E-state index in [9.17, 15) is 8.78 Å². The summed E-state index contributed by atoms with van der Waals surface area (Å²) in [7, 11) is 3.43. The van der Waals surface area contributed by atoms with Crippen LogP contribution in [0.5, 0.6) is 5.75 Å². The molecule has 0 bridgehead atoms. The summed E-state index contributed by atoms with van der Waals surface area (Å²) in [6, 6.07) is 7.39. The number of aromatic nitrogens is 5. The molecule has 0 atom stereocenters. The predicted octanol–water partition coefficient (Wildman–Crippen LogP) is 4.24. The summed E-state index contributed by atoms with van der Waals surface area (Å²) in [6.45, 7) is 0.296. The minimum Gasteiger partial charge on any atom is -0.495 e. The maximum absolute atomic E-state index is 13.3. The summed E-state index contributed by atoms with van der Waals surface area (Å²) in [4.78, 5) is 12.9. The summed E-state index contributed by atoms with van der Waals surface area (Å²) in [6.07, 6.45) is 6.82. The second-order valence-corrected chi connectivity index (χ2v) is 7.16. The Labute approximate surface area is 177 Å². The lowest BCUT2D eigenvalue weighted by atomic mass is 10.1. The van der Waals surface area contributed by atoms with E-state index in [0.717, 1.165) is 18.1 Å². The van der Waals surface area contributed by atoms with E-state index < -0.39 is 12.5 Å². The van der Waals surface area contributed by atoms with Crippen LogP contribution in [0.1, 0.15) is 6.92 Å². The molecule has 1 aromatic carbocycles. The number of pyridine rings is 1. The molecule has 10 heteroatoms. The minimum atomic E-state index is -2.87. The van der Waals surface area contributed by atoms with Gasteiger partial charge in [0.2, 0.25) is 5.95 Å². The third kappa shape index (κ3) is 4.68.